The van der Waals surface area contributed by atoms with Crippen LogP contribution in [0.3, 0.4) is 0 Å². The predicted molar refractivity (Wildman–Crippen MR) is 133 cm³/mol. The number of fused-ring (bicyclic) bond motifs is 1. The van der Waals surface area contributed by atoms with Gasteiger partial charge < -0.3 is 19.9 Å². The Labute approximate surface area is 202 Å². The summed E-state index contributed by atoms with van der Waals surface area (Å²) in [5, 5.41) is 0. The van der Waals surface area contributed by atoms with Crippen LogP contribution in [0.15, 0.2) is 53.8 Å². The van der Waals surface area contributed by atoms with Crippen molar-refractivity contribution in [2.24, 2.45) is 10.7 Å². The summed E-state index contributed by atoms with van der Waals surface area (Å²) in [6.45, 7) is 5.43. The number of hydrogen-bond acceptors (Lipinski definition) is 9. The molecule has 11 heteroatoms. The lowest BCUT2D eigenvalue weighted by atomic mass is 10.1. The van der Waals surface area contributed by atoms with Crippen LogP contribution in [0.4, 0.5) is 0 Å². The highest BCUT2D eigenvalue weighted by molar-refractivity contribution is 7.85. The molecule has 1 aromatic carbocycles. The molecule has 2 heterocycles. The van der Waals surface area contributed by atoms with Crippen LogP contribution in [0.25, 0.3) is 0 Å². The SMILES string of the molecule is C[Si](C)CCOCN=C(C=CN)c1ccc(Oc2ccc3c(c2)OC(COS(C)(=O)=O)C3)nc1. The lowest BCUT2D eigenvalue weighted by Crippen LogP contribution is -2.22. The lowest BCUT2D eigenvalue weighted by Gasteiger charge is -2.10. The topological polar surface area (TPSA) is 122 Å². The van der Waals surface area contributed by atoms with E-state index in [1.807, 2.05) is 18.2 Å². The number of allylic oxidation sites excluding steroid dienone is 1. The number of nitrogens with zero attached hydrogens (tertiary/aromatic N) is 2. The van der Waals surface area contributed by atoms with Gasteiger partial charge in [0.2, 0.25) is 5.88 Å². The van der Waals surface area contributed by atoms with E-state index < -0.39 is 10.1 Å². The average Bonchev–Trinajstić information content (AvgIpc) is 3.19. The van der Waals surface area contributed by atoms with Crippen LogP contribution < -0.4 is 15.2 Å². The molecule has 0 saturated heterocycles. The second-order valence-corrected chi connectivity index (χ2v) is 12.6. The fraction of sp³-hybridized carbons (Fsp3) is 0.391. The van der Waals surface area contributed by atoms with Crippen LogP contribution >= 0.6 is 0 Å². The molecule has 2 N–H and O–H groups in total. The van der Waals surface area contributed by atoms with Gasteiger partial charge in [-0.25, -0.2) is 4.98 Å². The van der Waals surface area contributed by atoms with Gasteiger partial charge in [0.15, 0.2) is 0 Å². The first kappa shape index (κ1) is 25.9. The molecule has 9 nitrogen and oxygen atoms in total. The summed E-state index contributed by atoms with van der Waals surface area (Å²) in [4.78, 5) is 8.83. The van der Waals surface area contributed by atoms with Gasteiger partial charge in [-0.05, 0) is 36.0 Å². The Morgan fingerprint density at radius 3 is 2.82 bits per heavy atom. The largest absolute Gasteiger partial charge is 0.487 e. The van der Waals surface area contributed by atoms with Crippen LogP contribution in [0.2, 0.25) is 19.1 Å². The van der Waals surface area contributed by atoms with E-state index >= 15 is 0 Å². The second-order valence-electron chi connectivity index (χ2n) is 8.09. The zero-order valence-electron chi connectivity index (χ0n) is 19.6. The summed E-state index contributed by atoms with van der Waals surface area (Å²) in [5.41, 5.74) is 8.00. The normalized spacial score (nSPS) is 16.1. The predicted octanol–water partition coefficient (Wildman–Crippen LogP) is 3.14. The van der Waals surface area contributed by atoms with Crippen molar-refractivity contribution in [2.75, 3.05) is 26.2 Å². The number of aliphatic imine (C=N–C) groups is 1. The van der Waals surface area contributed by atoms with Crippen molar-refractivity contribution in [2.45, 2.75) is 31.7 Å². The molecule has 1 aliphatic rings. The highest BCUT2D eigenvalue weighted by atomic mass is 32.2. The number of hydrogen-bond donors (Lipinski definition) is 1. The molecule has 1 radical (unpaired) electrons. The van der Waals surface area contributed by atoms with Crippen LogP contribution in [0.5, 0.6) is 17.4 Å². The van der Waals surface area contributed by atoms with Gasteiger partial charge in [-0.1, -0.05) is 19.2 Å². The third-order valence-electron chi connectivity index (χ3n) is 4.83. The van der Waals surface area contributed by atoms with Gasteiger partial charge in [-0.3, -0.25) is 9.18 Å². The van der Waals surface area contributed by atoms with Gasteiger partial charge in [0, 0.05) is 45.7 Å². The Morgan fingerprint density at radius 2 is 2.15 bits per heavy atom. The van der Waals surface area contributed by atoms with Crippen LogP contribution in [0.1, 0.15) is 11.1 Å². The van der Waals surface area contributed by atoms with E-state index in [9.17, 15) is 8.42 Å². The first-order valence-electron chi connectivity index (χ1n) is 10.8. The Balaban J connectivity index is 1.59. The number of aromatic nitrogens is 1. The molecule has 0 fully saturated rings. The molecule has 1 aliphatic heterocycles. The third kappa shape index (κ3) is 8.24. The van der Waals surface area contributed by atoms with Crippen LogP contribution in [0, 0.1) is 0 Å². The Morgan fingerprint density at radius 1 is 1.32 bits per heavy atom. The van der Waals surface area contributed by atoms with Crippen molar-refractivity contribution in [1.29, 1.82) is 0 Å². The van der Waals surface area contributed by atoms with Gasteiger partial charge in [-0.2, -0.15) is 8.42 Å². The van der Waals surface area contributed by atoms with E-state index in [-0.39, 0.29) is 28.2 Å². The summed E-state index contributed by atoms with van der Waals surface area (Å²) in [6.07, 6.45) is 6.02. The molecule has 0 saturated carbocycles. The second kappa shape index (κ2) is 12.1. The lowest BCUT2D eigenvalue weighted by molar-refractivity contribution is 0.153. The maximum Gasteiger partial charge on any atom is 0.264 e. The van der Waals surface area contributed by atoms with Gasteiger partial charge >= 0.3 is 0 Å². The molecule has 0 bridgehead atoms. The highest BCUT2D eigenvalue weighted by Crippen LogP contribution is 2.34. The zero-order valence-corrected chi connectivity index (χ0v) is 21.4. The molecule has 3 rings (SSSR count). The van der Waals surface area contributed by atoms with Crippen molar-refractivity contribution in [1.82, 2.24) is 4.98 Å². The summed E-state index contributed by atoms with van der Waals surface area (Å²) in [6, 6.07) is 10.1. The van der Waals surface area contributed by atoms with Crippen LogP contribution in [-0.4, -0.2) is 60.2 Å². The highest BCUT2D eigenvalue weighted by Gasteiger charge is 2.25. The summed E-state index contributed by atoms with van der Waals surface area (Å²) in [7, 11) is -3.82. The van der Waals surface area contributed by atoms with Crippen molar-refractivity contribution >= 4 is 24.6 Å². The zero-order chi connectivity index (χ0) is 24.6. The maximum atomic E-state index is 11.2. The van der Waals surface area contributed by atoms with Gasteiger partial charge in [-0.15, -0.1) is 0 Å². The number of ether oxygens (including phenoxy) is 3. The average molecular weight is 505 g/mol. The minimum Gasteiger partial charge on any atom is -0.487 e. The van der Waals surface area contributed by atoms with Crippen molar-refractivity contribution in [3.05, 3.63) is 59.9 Å². The molecule has 0 amide bonds. The van der Waals surface area contributed by atoms with E-state index in [4.69, 9.17) is 24.1 Å². The number of rotatable bonds is 12. The van der Waals surface area contributed by atoms with Crippen molar-refractivity contribution < 1.29 is 26.8 Å². The van der Waals surface area contributed by atoms with E-state index in [1.54, 1.807) is 24.4 Å². The van der Waals surface area contributed by atoms with Crippen LogP contribution in [-0.2, 0) is 25.5 Å². The number of benzene rings is 1. The van der Waals surface area contributed by atoms with E-state index in [2.05, 4.69) is 23.1 Å². The first-order chi connectivity index (χ1) is 16.2. The molecule has 1 atom stereocenters. The van der Waals surface area contributed by atoms with Crippen molar-refractivity contribution in [3.8, 4) is 17.4 Å². The molecule has 0 aliphatic carbocycles. The number of pyridine rings is 1. The first-order valence-corrected chi connectivity index (χ1v) is 15.3. The monoisotopic (exact) mass is 504 g/mol. The summed E-state index contributed by atoms with van der Waals surface area (Å²) >= 11 is 0. The minimum absolute atomic E-state index is 0.0299. The van der Waals surface area contributed by atoms with E-state index in [0.717, 1.165) is 23.4 Å². The molecule has 183 valence electrons. The molecular formula is C23H30N3O6SSi. The fourth-order valence-corrected chi connectivity index (χ4v) is 4.09. The molecule has 34 heavy (non-hydrogen) atoms. The fourth-order valence-electron chi connectivity index (χ4n) is 3.14. The standard InChI is InChI=1S/C23H30N3O6SSi/c1-33(27,28)30-15-20-12-17-4-6-19(13-22(17)31-20)32-23-7-5-18(14-25-23)21(8-9-24)26-16-29-10-11-34(2)3/h4-9,13-14,20H,10-12,15-16,24H2,1-3H3. The molecule has 1 aromatic heterocycles. The number of nitrogens with two attached hydrogens (primary N) is 1. The van der Waals surface area contributed by atoms with Gasteiger partial charge in [0.05, 0.1) is 12.0 Å². The van der Waals surface area contributed by atoms with E-state index in [1.165, 1.54) is 6.20 Å². The Bertz CT molecular complexity index is 1120. The van der Waals surface area contributed by atoms with Gasteiger partial charge in [0.25, 0.3) is 10.1 Å². The Hall–Kier alpha value is -2.73. The third-order valence-corrected chi connectivity index (χ3v) is 6.60. The van der Waals surface area contributed by atoms with Crippen molar-refractivity contribution in [3.63, 3.8) is 0 Å². The molecule has 2 aromatic rings. The summed E-state index contributed by atoms with van der Waals surface area (Å²) in [5.74, 6) is 1.60. The summed E-state index contributed by atoms with van der Waals surface area (Å²) < 4.78 is 44.5. The maximum absolute atomic E-state index is 11.2. The Kier molecular flexibility index (Phi) is 9.22. The van der Waals surface area contributed by atoms with Gasteiger partial charge in [0.1, 0.15) is 30.9 Å². The molecular weight excluding hydrogens is 474 g/mol. The smallest absolute Gasteiger partial charge is 0.264 e. The minimum atomic E-state index is -3.51. The quantitative estimate of drug-likeness (QED) is 0.202. The molecule has 0 spiro atoms. The molecule has 1 unspecified atom stereocenters. The van der Waals surface area contributed by atoms with E-state index in [0.29, 0.717) is 36.1 Å².